The molecular weight excluding hydrogens is 305 g/mol. The van der Waals surface area contributed by atoms with Crippen molar-refractivity contribution in [2.24, 2.45) is 0 Å². The number of hydrogen-bond donors (Lipinski definition) is 0. The molecule has 1 aromatic rings. The van der Waals surface area contributed by atoms with Gasteiger partial charge in [-0.1, -0.05) is 0 Å². The van der Waals surface area contributed by atoms with Crippen LogP contribution in [0.1, 0.15) is 12.5 Å². The van der Waals surface area contributed by atoms with Gasteiger partial charge in [0.1, 0.15) is 0 Å². The molecule has 0 fully saturated rings. The second-order valence-corrected chi connectivity index (χ2v) is 6.48. The van der Waals surface area contributed by atoms with Crippen molar-refractivity contribution in [2.45, 2.75) is 6.92 Å². The zero-order chi connectivity index (χ0) is 13.1. The van der Waals surface area contributed by atoms with Crippen LogP contribution in [0.4, 0.5) is 8.78 Å². The number of aldehydes is 1. The molecule has 2 nitrogen and oxygen atoms in total. The molecule has 0 saturated heterocycles. The van der Waals surface area contributed by atoms with Crippen molar-refractivity contribution in [3.05, 3.63) is 46.0 Å². The fraction of sp³-hybridized carbons (Fsp3) is 0.154. The first-order valence-electron chi connectivity index (χ1n) is 5.42. The normalized spacial score (nSPS) is 16.4. The zero-order valence-corrected chi connectivity index (χ0v) is 11.8. The van der Waals surface area contributed by atoms with Gasteiger partial charge in [0.15, 0.2) is 0 Å². The summed E-state index contributed by atoms with van der Waals surface area (Å²) in [5, 5.41) is 0. The molecule has 0 N–H and O–H groups in total. The molecule has 0 aliphatic carbocycles. The predicted octanol–water partition coefficient (Wildman–Crippen LogP) is 1.97. The Kier molecular flexibility index (Phi) is 3.94. The van der Waals surface area contributed by atoms with Gasteiger partial charge < -0.3 is 0 Å². The summed E-state index contributed by atoms with van der Waals surface area (Å²) in [7, 11) is 0. The van der Waals surface area contributed by atoms with Crippen molar-refractivity contribution in [2.75, 3.05) is 6.61 Å². The first kappa shape index (κ1) is 13.0. The van der Waals surface area contributed by atoms with Crippen molar-refractivity contribution in [1.29, 1.82) is 0 Å². The molecule has 96 valence electrons. The fourth-order valence-corrected chi connectivity index (χ4v) is 3.81. The van der Waals surface area contributed by atoms with E-state index in [1.807, 2.05) is 0 Å². The van der Waals surface area contributed by atoms with Crippen LogP contribution in [0, 0.1) is 11.6 Å². The van der Waals surface area contributed by atoms with E-state index < -0.39 is 26.6 Å². The van der Waals surface area contributed by atoms with Gasteiger partial charge in [0.25, 0.3) is 0 Å². The third-order valence-electron chi connectivity index (χ3n) is 2.47. The maximum atomic E-state index is 13.9. The van der Waals surface area contributed by atoms with E-state index in [0.717, 1.165) is 10.8 Å². The summed E-state index contributed by atoms with van der Waals surface area (Å²) in [6.45, 7) is 1.99. The van der Waals surface area contributed by atoms with Crippen LogP contribution in [-0.2, 0) is 4.79 Å². The minimum absolute atomic E-state index is 0.0825. The quantitative estimate of drug-likeness (QED) is 0.627. The molecule has 0 saturated carbocycles. The summed E-state index contributed by atoms with van der Waals surface area (Å²) in [6, 6.07) is 2.92. The van der Waals surface area contributed by atoms with Gasteiger partial charge in [-0.3, -0.25) is 0 Å². The van der Waals surface area contributed by atoms with Crippen molar-refractivity contribution in [3.63, 3.8) is 0 Å². The number of hydrogen-bond acceptors (Lipinski definition) is 2. The number of benzene rings is 1. The Bertz CT molecular complexity index is 550. The summed E-state index contributed by atoms with van der Waals surface area (Å²) in [4.78, 5) is 10.6. The molecule has 2 rings (SSSR count). The molecule has 1 aliphatic heterocycles. The Labute approximate surface area is 109 Å². The van der Waals surface area contributed by atoms with E-state index in [0.29, 0.717) is 4.47 Å². The molecule has 0 radical (unpaired) electrons. The first-order valence-corrected chi connectivity index (χ1v) is 7.52. The molecule has 0 aromatic heterocycles. The van der Waals surface area contributed by atoms with Gasteiger partial charge in [0.05, 0.1) is 0 Å². The maximum absolute atomic E-state index is 13.9. The third-order valence-corrected chi connectivity index (χ3v) is 5.15. The molecule has 0 bridgehead atoms. The Morgan fingerprint density at radius 1 is 1.28 bits per heavy atom. The van der Waals surface area contributed by atoms with Crippen LogP contribution in [-0.4, -0.2) is 27.8 Å². The van der Waals surface area contributed by atoms with Gasteiger partial charge in [-0.25, -0.2) is 0 Å². The number of carbonyl (C=O) groups is 1. The van der Waals surface area contributed by atoms with Gasteiger partial charge in [-0.05, 0) is 0 Å². The van der Waals surface area contributed by atoms with E-state index in [9.17, 15) is 13.6 Å². The minimum atomic E-state index is -0.971. The molecule has 0 amide bonds. The van der Waals surface area contributed by atoms with Crippen molar-refractivity contribution < 1.29 is 18.3 Å². The topological polar surface area (TPSA) is 26.3 Å². The Balaban J connectivity index is 2.32. The number of halogens is 2. The van der Waals surface area contributed by atoms with Gasteiger partial charge in [-0.2, -0.15) is 0 Å². The number of carbonyl (C=O) groups excluding carboxylic acids is 1. The molecule has 1 aromatic carbocycles. The van der Waals surface area contributed by atoms with Gasteiger partial charge >= 0.3 is 109 Å². The Hall–Kier alpha value is -1.45. The van der Waals surface area contributed by atoms with Crippen LogP contribution in [0.5, 0.6) is 5.75 Å². The fourth-order valence-electron chi connectivity index (χ4n) is 1.64. The van der Waals surface area contributed by atoms with Gasteiger partial charge in [0.2, 0.25) is 0 Å². The van der Waals surface area contributed by atoms with Gasteiger partial charge in [0, 0.05) is 0 Å². The van der Waals surface area contributed by atoms with E-state index in [1.54, 1.807) is 19.1 Å². The Morgan fingerprint density at radius 3 is 2.67 bits per heavy atom. The number of rotatable bonds is 4. The summed E-state index contributed by atoms with van der Waals surface area (Å²) >= 11 is -0.851. The molecule has 0 atom stereocenters. The first-order chi connectivity index (χ1) is 8.67. The van der Waals surface area contributed by atoms with Gasteiger partial charge in [-0.15, -0.1) is 0 Å². The number of ether oxygens (including phenoxy) is 1. The third kappa shape index (κ3) is 2.37. The van der Waals surface area contributed by atoms with Crippen LogP contribution in [0.25, 0.3) is 4.47 Å². The van der Waals surface area contributed by atoms with Crippen LogP contribution >= 0.6 is 0 Å². The van der Waals surface area contributed by atoms with Crippen LogP contribution < -0.4 is 4.74 Å². The van der Waals surface area contributed by atoms with E-state index in [2.05, 4.69) is 0 Å². The Morgan fingerprint density at radius 2 is 2.06 bits per heavy atom. The standard InChI is InChI=1S/C13H12F2O2Se/c1-2-17-10-5-4-9(12(14)13(10)15)11-6-3-8(7-16)18-11/h3-7H,2,18H2,1H3. The monoisotopic (exact) mass is 318 g/mol. The van der Waals surface area contributed by atoms with E-state index in [1.165, 1.54) is 12.1 Å². The molecule has 5 heteroatoms. The molecular formula is C13H12F2O2Se. The van der Waals surface area contributed by atoms with E-state index >= 15 is 0 Å². The SMILES string of the molecule is CCOc1ccc(C2=CC=C(C=O)[SeH2]2)c(F)c1F. The second kappa shape index (κ2) is 5.46. The average Bonchev–Trinajstić information content (AvgIpc) is 2.84. The number of allylic oxidation sites excluding steroid dienone is 3. The van der Waals surface area contributed by atoms with Crippen molar-refractivity contribution >= 4 is 25.7 Å². The van der Waals surface area contributed by atoms with Crippen LogP contribution in [0.2, 0.25) is 0 Å². The molecule has 1 aliphatic rings. The van der Waals surface area contributed by atoms with E-state index in [-0.39, 0.29) is 17.9 Å². The predicted molar refractivity (Wildman–Crippen MR) is 68.2 cm³/mol. The van der Waals surface area contributed by atoms with Crippen LogP contribution in [0.15, 0.2) is 28.8 Å². The molecule has 18 heavy (non-hydrogen) atoms. The summed E-state index contributed by atoms with van der Waals surface area (Å²) in [5.74, 6) is -1.96. The molecule has 1 heterocycles. The second-order valence-electron chi connectivity index (χ2n) is 3.62. The summed E-state index contributed by atoms with van der Waals surface area (Å²) < 4.78 is 33.9. The van der Waals surface area contributed by atoms with Crippen molar-refractivity contribution in [3.8, 4) is 5.75 Å². The summed E-state index contributed by atoms with van der Waals surface area (Å²) in [5.41, 5.74) is 0.226. The summed E-state index contributed by atoms with van der Waals surface area (Å²) in [6.07, 6.45) is 4.12. The average molecular weight is 317 g/mol. The zero-order valence-electron chi connectivity index (χ0n) is 9.67. The molecule has 0 unspecified atom stereocenters. The van der Waals surface area contributed by atoms with Crippen LogP contribution in [0.3, 0.4) is 0 Å². The molecule has 0 spiro atoms. The van der Waals surface area contributed by atoms with E-state index in [4.69, 9.17) is 4.74 Å². The van der Waals surface area contributed by atoms with Crippen molar-refractivity contribution in [1.82, 2.24) is 0 Å².